The van der Waals surface area contributed by atoms with Crippen LogP contribution in [0.5, 0.6) is 11.8 Å². The summed E-state index contributed by atoms with van der Waals surface area (Å²) >= 11 is 6.34. The van der Waals surface area contributed by atoms with E-state index in [1.54, 1.807) is 11.8 Å². The molecule has 3 aliphatic rings. The number of halogens is 1. The monoisotopic (exact) mass is 503 g/mol. The first-order valence-electron chi connectivity index (χ1n) is 11.9. The van der Waals surface area contributed by atoms with Crippen molar-refractivity contribution in [2.24, 2.45) is 11.8 Å². The van der Waals surface area contributed by atoms with Crippen LogP contribution in [0.2, 0.25) is 5.02 Å². The average Bonchev–Trinajstić information content (AvgIpc) is 3.49. The molecule has 4 heterocycles. The van der Waals surface area contributed by atoms with Crippen LogP contribution in [0.3, 0.4) is 0 Å². The number of hydrogen-bond acceptors (Lipinski definition) is 7. The highest BCUT2D eigenvalue weighted by Gasteiger charge is 2.42. The zero-order valence-corrected chi connectivity index (χ0v) is 20.4. The Kier molecular flexibility index (Phi) is 6.41. The predicted octanol–water partition coefficient (Wildman–Crippen LogP) is 1.83. The van der Waals surface area contributed by atoms with Crippen LogP contribution in [-0.2, 0) is 11.3 Å². The summed E-state index contributed by atoms with van der Waals surface area (Å²) in [6.45, 7) is 8.26. The molecule has 3 fully saturated rings. The molecule has 11 heteroatoms. The SMILES string of the molecule is CC(=O)N1CCN(c2cc(Cl)ccc2CN2CC3CN(C(=O)On4c(O)ccc4O)CC3C2)CC1. The number of fused-ring (bicyclic) bond motifs is 1. The van der Waals surface area contributed by atoms with Crippen LogP contribution in [0.4, 0.5) is 10.5 Å². The van der Waals surface area contributed by atoms with Crippen molar-refractivity contribution in [1.82, 2.24) is 19.4 Å². The molecule has 2 atom stereocenters. The summed E-state index contributed by atoms with van der Waals surface area (Å²) in [7, 11) is 0. The van der Waals surface area contributed by atoms with Crippen molar-refractivity contribution >= 4 is 29.3 Å². The van der Waals surface area contributed by atoms with Gasteiger partial charge in [0.15, 0.2) is 0 Å². The molecule has 1 aromatic carbocycles. The van der Waals surface area contributed by atoms with Crippen LogP contribution >= 0.6 is 11.6 Å². The van der Waals surface area contributed by atoms with Gasteiger partial charge in [-0.15, -0.1) is 4.73 Å². The van der Waals surface area contributed by atoms with Crippen molar-refractivity contribution in [3.63, 3.8) is 0 Å². The molecule has 2 amide bonds. The summed E-state index contributed by atoms with van der Waals surface area (Å²) < 4.78 is 0.723. The minimum Gasteiger partial charge on any atom is -0.492 e. The fourth-order valence-corrected chi connectivity index (χ4v) is 5.63. The lowest BCUT2D eigenvalue weighted by atomic mass is 10.0. The van der Waals surface area contributed by atoms with Gasteiger partial charge in [0.1, 0.15) is 0 Å². The Bertz CT molecular complexity index is 1080. The zero-order valence-electron chi connectivity index (χ0n) is 19.6. The highest BCUT2D eigenvalue weighted by Crippen LogP contribution is 2.34. The lowest BCUT2D eigenvalue weighted by Crippen LogP contribution is -2.48. The van der Waals surface area contributed by atoms with Crippen LogP contribution < -0.4 is 9.74 Å². The van der Waals surface area contributed by atoms with Gasteiger partial charge in [-0.3, -0.25) is 9.69 Å². The summed E-state index contributed by atoms with van der Waals surface area (Å²) in [6.07, 6.45) is -0.586. The predicted molar refractivity (Wildman–Crippen MR) is 129 cm³/mol. The highest BCUT2D eigenvalue weighted by atomic mass is 35.5. The third-order valence-electron chi connectivity index (χ3n) is 7.29. The molecule has 3 aliphatic heterocycles. The van der Waals surface area contributed by atoms with Crippen molar-refractivity contribution in [2.75, 3.05) is 57.3 Å². The van der Waals surface area contributed by atoms with E-state index in [9.17, 15) is 19.8 Å². The number of benzene rings is 1. The van der Waals surface area contributed by atoms with Crippen molar-refractivity contribution in [1.29, 1.82) is 0 Å². The van der Waals surface area contributed by atoms with Gasteiger partial charge < -0.3 is 29.8 Å². The Morgan fingerprint density at radius 2 is 1.57 bits per heavy atom. The van der Waals surface area contributed by atoms with Crippen molar-refractivity contribution in [2.45, 2.75) is 13.5 Å². The normalized spacial score (nSPS) is 22.5. The minimum absolute atomic E-state index is 0.111. The number of aromatic nitrogens is 1. The molecule has 3 saturated heterocycles. The second-order valence-corrected chi connectivity index (χ2v) is 10.0. The highest BCUT2D eigenvalue weighted by molar-refractivity contribution is 6.30. The molecule has 0 spiro atoms. The summed E-state index contributed by atoms with van der Waals surface area (Å²) in [5.74, 6) is 0.124. The molecule has 0 saturated carbocycles. The van der Waals surface area contributed by atoms with Gasteiger partial charge in [-0.25, -0.2) is 4.79 Å². The standard InChI is InChI=1S/C24H30ClN5O5/c1-16(31)27-6-8-28(9-7-27)21-10-20(25)3-2-17(21)11-26-12-18-14-29(15-19(18)13-26)24(34)35-30-22(32)4-5-23(30)33/h2-5,10,18-19,32-33H,6-9,11-15H2,1H3. The second-order valence-electron chi connectivity index (χ2n) is 9.59. The van der Waals surface area contributed by atoms with E-state index in [1.807, 2.05) is 17.0 Å². The van der Waals surface area contributed by atoms with E-state index in [-0.39, 0.29) is 17.7 Å². The first-order chi connectivity index (χ1) is 16.8. The number of likely N-dealkylation sites (tertiary alicyclic amines) is 2. The maximum Gasteiger partial charge on any atom is 0.434 e. The number of rotatable bonds is 4. The molecular weight excluding hydrogens is 474 g/mol. The number of carbonyl (C=O) groups excluding carboxylic acids is 2. The summed E-state index contributed by atoms with van der Waals surface area (Å²) in [5.41, 5.74) is 2.33. The van der Waals surface area contributed by atoms with Gasteiger partial charge >= 0.3 is 6.09 Å². The summed E-state index contributed by atoms with van der Waals surface area (Å²) in [4.78, 5) is 37.6. The summed E-state index contributed by atoms with van der Waals surface area (Å²) in [5, 5.41) is 20.1. The van der Waals surface area contributed by atoms with E-state index in [2.05, 4.69) is 15.9 Å². The van der Waals surface area contributed by atoms with Gasteiger partial charge in [-0.2, -0.15) is 0 Å². The second kappa shape index (κ2) is 9.50. The Labute approximate surface area is 208 Å². The molecule has 2 N–H and O–H groups in total. The lowest BCUT2D eigenvalue weighted by molar-refractivity contribution is -0.129. The van der Waals surface area contributed by atoms with Crippen LogP contribution in [0, 0.1) is 11.8 Å². The molecule has 35 heavy (non-hydrogen) atoms. The van der Waals surface area contributed by atoms with Gasteiger partial charge in [0.2, 0.25) is 17.7 Å². The quantitative estimate of drug-likeness (QED) is 0.656. The van der Waals surface area contributed by atoms with E-state index in [4.69, 9.17) is 16.4 Å². The van der Waals surface area contributed by atoms with E-state index in [0.29, 0.717) is 43.0 Å². The van der Waals surface area contributed by atoms with Crippen LogP contribution in [0.25, 0.3) is 0 Å². The zero-order chi connectivity index (χ0) is 24.7. The van der Waals surface area contributed by atoms with E-state index in [1.165, 1.54) is 17.7 Å². The Balaban J connectivity index is 1.19. The number of aromatic hydroxyl groups is 2. The first-order valence-corrected chi connectivity index (χ1v) is 12.2. The average molecular weight is 504 g/mol. The molecule has 1 aromatic heterocycles. The molecule has 10 nitrogen and oxygen atoms in total. The third-order valence-corrected chi connectivity index (χ3v) is 7.53. The molecule has 2 aromatic rings. The maximum absolute atomic E-state index is 12.5. The van der Waals surface area contributed by atoms with Crippen LogP contribution in [0.15, 0.2) is 30.3 Å². The van der Waals surface area contributed by atoms with Gasteiger partial charge in [-0.1, -0.05) is 17.7 Å². The molecule has 0 aliphatic carbocycles. The number of amides is 2. The van der Waals surface area contributed by atoms with Crippen LogP contribution in [0.1, 0.15) is 12.5 Å². The Morgan fingerprint density at radius 1 is 0.943 bits per heavy atom. The molecular formula is C24H30ClN5O5. The van der Waals surface area contributed by atoms with Crippen molar-refractivity contribution < 1.29 is 24.6 Å². The molecule has 2 unspecified atom stereocenters. The van der Waals surface area contributed by atoms with Crippen LogP contribution in [-0.4, -0.2) is 94.0 Å². The first kappa shape index (κ1) is 23.6. The largest absolute Gasteiger partial charge is 0.492 e. The number of carbonyl (C=O) groups is 2. The third kappa shape index (κ3) is 4.85. The molecule has 188 valence electrons. The fourth-order valence-electron chi connectivity index (χ4n) is 5.47. The van der Waals surface area contributed by atoms with Gasteiger partial charge in [0.05, 0.1) is 0 Å². The number of piperazine rings is 1. The molecule has 5 rings (SSSR count). The Morgan fingerprint density at radius 3 is 2.17 bits per heavy atom. The molecule has 0 radical (unpaired) electrons. The van der Waals surface area contributed by atoms with Crippen molar-refractivity contribution in [3.8, 4) is 11.8 Å². The number of nitrogens with zero attached hydrogens (tertiary/aromatic N) is 5. The maximum atomic E-state index is 12.5. The van der Waals surface area contributed by atoms with E-state index < -0.39 is 6.09 Å². The summed E-state index contributed by atoms with van der Waals surface area (Å²) in [6, 6.07) is 8.54. The fraction of sp³-hybridized carbons (Fsp3) is 0.500. The Hall–Kier alpha value is -3.11. The minimum atomic E-state index is -0.586. The van der Waals surface area contributed by atoms with Gasteiger partial charge in [0.25, 0.3) is 0 Å². The van der Waals surface area contributed by atoms with E-state index >= 15 is 0 Å². The number of hydrogen-bond donors (Lipinski definition) is 2. The van der Waals surface area contributed by atoms with Gasteiger partial charge in [-0.05, 0) is 29.5 Å². The van der Waals surface area contributed by atoms with Gasteiger partial charge in [0, 0.05) is 88.7 Å². The van der Waals surface area contributed by atoms with Crippen molar-refractivity contribution in [3.05, 3.63) is 40.9 Å². The molecule has 0 bridgehead atoms. The number of anilines is 1. The smallest absolute Gasteiger partial charge is 0.434 e. The topological polar surface area (TPSA) is 102 Å². The lowest BCUT2D eigenvalue weighted by Gasteiger charge is -2.37. The van der Waals surface area contributed by atoms with E-state index in [0.717, 1.165) is 43.1 Å².